The van der Waals surface area contributed by atoms with Crippen molar-refractivity contribution in [2.45, 2.75) is 6.92 Å². The summed E-state index contributed by atoms with van der Waals surface area (Å²) in [6.07, 6.45) is 0. The summed E-state index contributed by atoms with van der Waals surface area (Å²) >= 11 is 5.65. The van der Waals surface area contributed by atoms with E-state index in [1.54, 1.807) is 12.1 Å². The van der Waals surface area contributed by atoms with Crippen LogP contribution < -0.4 is 5.43 Å². The summed E-state index contributed by atoms with van der Waals surface area (Å²) in [6.45, 7) is 1.35. The molecule has 0 radical (unpaired) electrons. The number of nitrogens with zero attached hydrogens (tertiary/aromatic N) is 1. The highest BCUT2D eigenvalue weighted by atomic mass is 35.5. The predicted octanol–water partition coefficient (Wildman–Crippen LogP) is 1.90. The number of benzene rings is 1. The fourth-order valence-corrected chi connectivity index (χ4v) is 1.17. The SMILES string of the molecule is CC(=O)NN=C(CCl)c1ccc(F)cc1. The topological polar surface area (TPSA) is 41.5 Å². The average molecular weight is 229 g/mol. The van der Waals surface area contributed by atoms with Crippen molar-refractivity contribution < 1.29 is 9.18 Å². The second-order valence-electron chi connectivity index (χ2n) is 2.87. The Bertz CT molecular complexity index is 376. The Balaban J connectivity index is 2.87. The quantitative estimate of drug-likeness (QED) is 0.479. The number of carbonyl (C=O) groups is 1. The number of alkyl halides is 1. The molecule has 0 heterocycles. The van der Waals surface area contributed by atoms with Crippen molar-refractivity contribution in [3.8, 4) is 0 Å². The fourth-order valence-electron chi connectivity index (χ4n) is 0.960. The molecule has 0 aliphatic heterocycles. The number of carbonyl (C=O) groups excluding carboxylic acids is 1. The molecule has 0 atom stereocenters. The lowest BCUT2D eigenvalue weighted by atomic mass is 10.1. The maximum absolute atomic E-state index is 12.6. The summed E-state index contributed by atoms with van der Waals surface area (Å²) in [7, 11) is 0. The van der Waals surface area contributed by atoms with Crippen LogP contribution in [0.4, 0.5) is 4.39 Å². The minimum absolute atomic E-state index is 0.145. The van der Waals surface area contributed by atoms with E-state index in [4.69, 9.17) is 11.6 Å². The maximum atomic E-state index is 12.6. The van der Waals surface area contributed by atoms with Gasteiger partial charge in [-0.25, -0.2) is 9.82 Å². The minimum Gasteiger partial charge on any atom is -0.274 e. The highest BCUT2D eigenvalue weighted by Crippen LogP contribution is 2.05. The van der Waals surface area contributed by atoms with E-state index in [2.05, 4.69) is 10.5 Å². The van der Waals surface area contributed by atoms with Gasteiger partial charge in [0.1, 0.15) is 5.82 Å². The maximum Gasteiger partial charge on any atom is 0.236 e. The molecule has 0 aliphatic carbocycles. The van der Waals surface area contributed by atoms with Gasteiger partial charge in [-0.05, 0) is 17.7 Å². The van der Waals surface area contributed by atoms with Gasteiger partial charge in [0, 0.05) is 6.92 Å². The van der Waals surface area contributed by atoms with Gasteiger partial charge in [0.2, 0.25) is 5.91 Å². The highest BCUT2D eigenvalue weighted by molar-refractivity contribution is 6.31. The molecule has 0 fully saturated rings. The lowest BCUT2D eigenvalue weighted by Gasteiger charge is -2.02. The van der Waals surface area contributed by atoms with E-state index in [0.717, 1.165) is 0 Å². The summed E-state index contributed by atoms with van der Waals surface area (Å²) in [5, 5.41) is 3.80. The van der Waals surface area contributed by atoms with Gasteiger partial charge in [-0.2, -0.15) is 5.10 Å². The zero-order valence-corrected chi connectivity index (χ0v) is 8.88. The third kappa shape index (κ3) is 3.67. The number of rotatable bonds is 3. The number of nitrogens with one attached hydrogen (secondary N) is 1. The molecular formula is C10H10ClFN2O. The number of hydrogen-bond acceptors (Lipinski definition) is 2. The first-order valence-electron chi connectivity index (χ1n) is 4.28. The van der Waals surface area contributed by atoms with Crippen LogP contribution >= 0.6 is 11.6 Å². The standard InChI is InChI=1S/C10H10ClFN2O/c1-7(15)13-14-10(6-11)8-2-4-9(12)5-3-8/h2-5H,6H2,1H3,(H,13,15). The summed E-state index contributed by atoms with van der Waals surface area (Å²) in [4.78, 5) is 10.6. The largest absolute Gasteiger partial charge is 0.274 e. The lowest BCUT2D eigenvalue weighted by Crippen LogP contribution is -2.17. The van der Waals surface area contributed by atoms with Crippen LogP contribution in [-0.2, 0) is 4.79 Å². The van der Waals surface area contributed by atoms with Crippen LogP contribution in [0.1, 0.15) is 12.5 Å². The molecular weight excluding hydrogens is 219 g/mol. The second-order valence-corrected chi connectivity index (χ2v) is 3.13. The van der Waals surface area contributed by atoms with E-state index < -0.39 is 0 Å². The van der Waals surface area contributed by atoms with Crippen LogP contribution in [0.15, 0.2) is 29.4 Å². The second kappa shape index (κ2) is 5.46. The number of amides is 1. The molecule has 0 bridgehead atoms. The molecule has 0 saturated carbocycles. The molecule has 1 aromatic rings. The van der Waals surface area contributed by atoms with Gasteiger partial charge in [0.15, 0.2) is 0 Å². The van der Waals surface area contributed by atoms with E-state index in [-0.39, 0.29) is 17.6 Å². The first-order chi connectivity index (χ1) is 7.13. The number of hydrogen-bond donors (Lipinski definition) is 1. The number of hydrazone groups is 1. The molecule has 0 spiro atoms. The van der Waals surface area contributed by atoms with E-state index in [0.29, 0.717) is 11.3 Å². The molecule has 1 rings (SSSR count). The molecule has 1 aromatic carbocycles. The molecule has 0 aromatic heterocycles. The Kier molecular flexibility index (Phi) is 4.24. The van der Waals surface area contributed by atoms with Gasteiger partial charge >= 0.3 is 0 Å². The van der Waals surface area contributed by atoms with Crippen LogP contribution in [-0.4, -0.2) is 17.5 Å². The first kappa shape index (κ1) is 11.7. The van der Waals surface area contributed by atoms with Crippen molar-refractivity contribution in [3.63, 3.8) is 0 Å². The van der Waals surface area contributed by atoms with E-state index >= 15 is 0 Å². The van der Waals surface area contributed by atoms with Crippen molar-refractivity contribution in [2.75, 3.05) is 5.88 Å². The Morgan fingerprint density at radius 3 is 2.53 bits per heavy atom. The Labute approximate surface area is 91.9 Å². The minimum atomic E-state index is -0.327. The average Bonchev–Trinajstić information content (AvgIpc) is 2.21. The summed E-state index contributed by atoms with van der Waals surface area (Å²) < 4.78 is 12.6. The Hall–Kier alpha value is -1.42. The van der Waals surface area contributed by atoms with Crippen molar-refractivity contribution in [1.29, 1.82) is 0 Å². The monoisotopic (exact) mass is 228 g/mol. The van der Waals surface area contributed by atoms with Crippen LogP contribution in [0.3, 0.4) is 0 Å². The normalized spacial score (nSPS) is 11.3. The summed E-state index contributed by atoms with van der Waals surface area (Å²) in [5.74, 6) is -0.460. The fraction of sp³-hybridized carbons (Fsp3) is 0.200. The van der Waals surface area contributed by atoms with Gasteiger partial charge in [-0.15, -0.1) is 11.6 Å². The molecule has 80 valence electrons. The summed E-state index contributed by atoms with van der Waals surface area (Å²) in [5.41, 5.74) is 3.45. The van der Waals surface area contributed by atoms with Crippen LogP contribution in [0.5, 0.6) is 0 Å². The highest BCUT2D eigenvalue weighted by Gasteiger charge is 2.02. The van der Waals surface area contributed by atoms with Gasteiger partial charge in [-0.1, -0.05) is 12.1 Å². The van der Waals surface area contributed by atoms with Crippen LogP contribution in [0, 0.1) is 5.82 Å². The van der Waals surface area contributed by atoms with Crippen LogP contribution in [0.25, 0.3) is 0 Å². The Morgan fingerprint density at radius 1 is 1.47 bits per heavy atom. The molecule has 1 N–H and O–H groups in total. The van der Waals surface area contributed by atoms with Gasteiger partial charge < -0.3 is 0 Å². The van der Waals surface area contributed by atoms with Gasteiger partial charge in [-0.3, -0.25) is 4.79 Å². The van der Waals surface area contributed by atoms with Crippen molar-refractivity contribution in [2.24, 2.45) is 5.10 Å². The molecule has 5 heteroatoms. The van der Waals surface area contributed by atoms with E-state index in [9.17, 15) is 9.18 Å². The predicted molar refractivity (Wildman–Crippen MR) is 57.5 cm³/mol. The zero-order valence-electron chi connectivity index (χ0n) is 8.13. The van der Waals surface area contributed by atoms with Crippen molar-refractivity contribution in [3.05, 3.63) is 35.6 Å². The third-order valence-corrected chi connectivity index (χ3v) is 1.91. The molecule has 0 aliphatic rings. The van der Waals surface area contributed by atoms with Gasteiger partial charge in [0.05, 0.1) is 11.6 Å². The Morgan fingerprint density at radius 2 is 2.07 bits per heavy atom. The number of halogens is 2. The molecule has 0 saturated heterocycles. The molecule has 1 amide bonds. The first-order valence-corrected chi connectivity index (χ1v) is 4.82. The van der Waals surface area contributed by atoms with E-state index in [1.165, 1.54) is 19.1 Å². The zero-order chi connectivity index (χ0) is 11.3. The van der Waals surface area contributed by atoms with Crippen molar-refractivity contribution >= 4 is 23.2 Å². The smallest absolute Gasteiger partial charge is 0.236 e. The van der Waals surface area contributed by atoms with E-state index in [1.807, 2.05) is 0 Å². The van der Waals surface area contributed by atoms with Crippen molar-refractivity contribution in [1.82, 2.24) is 5.43 Å². The molecule has 3 nitrogen and oxygen atoms in total. The molecule has 0 unspecified atom stereocenters. The third-order valence-electron chi connectivity index (χ3n) is 1.65. The molecule has 15 heavy (non-hydrogen) atoms. The van der Waals surface area contributed by atoms with Crippen LogP contribution in [0.2, 0.25) is 0 Å². The lowest BCUT2D eigenvalue weighted by molar-refractivity contribution is -0.118. The van der Waals surface area contributed by atoms with Gasteiger partial charge in [0.25, 0.3) is 0 Å². The summed E-state index contributed by atoms with van der Waals surface area (Å²) in [6, 6.07) is 5.73.